The summed E-state index contributed by atoms with van der Waals surface area (Å²) < 4.78 is 27.1. The Balaban J connectivity index is 1.47. The highest BCUT2D eigenvalue weighted by atomic mass is 19.1. The highest BCUT2D eigenvalue weighted by Gasteiger charge is 2.34. The van der Waals surface area contributed by atoms with E-state index in [0.29, 0.717) is 39.0 Å². The topological polar surface area (TPSA) is 120 Å². The lowest BCUT2D eigenvalue weighted by Crippen LogP contribution is -2.19. The van der Waals surface area contributed by atoms with E-state index in [2.05, 4.69) is 10.3 Å². The van der Waals surface area contributed by atoms with Crippen LogP contribution >= 0.6 is 0 Å². The minimum atomic E-state index is -1.28. The van der Waals surface area contributed by atoms with Gasteiger partial charge in [-0.1, -0.05) is 30.3 Å². The number of benzene rings is 3. The summed E-state index contributed by atoms with van der Waals surface area (Å²) in [7, 11) is 0. The van der Waals surface area contributed by atoms with E-state index in [4.69, 9.17) is 0 Å². The number of allylic oxidation sites excluding steroid dienone is 4. The molecule has 204 valence electrons. The second-order valence-electron chi connectivity index (χ2n) is 10.3. The van der Waals surface area contributed by atoms with Crippen molar-refractivity contribution < 1.29 is 8.78 Å². The molecule has 8 heteroatoms. The zero-order valence-electron chi connectivity index (χ0n) is 22.7. The minimum Gasteiger partial charge on any atom is -0.358 e. The summed E-state index contributed by atoms with van der Waals surface area (Å²) in [6.07, 6.45) is 4.80. The van der Waals surface area contributed by atoms with Crippen LogP contribution in [0.15, 0.2) is 96.4 Å². The van der Waals surface area contributed by atoms with Gasteiger partial charge in [0.1, 0.15) is 35.4 Å². The Morgan fingerprint density at radius 2 is 1.16 bits per heavy atom. The van der Waals surface area contributed by atoms with Gasteiger partial charge in [-0.15, -0.1) is 0 Å². The number of nitriles is 4. The Hall–Kier alpha value is -6.61. The quantitative estimate of drug-likeness (QED) is 0.132. The lowest BCUT2D eigenvalue weighted by molar-refractivity contribution is 0.365. The van der Waals surface area contributed by atoms with Crippen molar-refractivity contribution in [2.24, 2.45) is 0 Å². The number of dihydropyridines is 1. The van der Waals surface area contributed by atoms with Gasteiger partial charge >= 0.3 is 0 Å². The predicted octanol–water partition coefficient (Wildman–Crippen LogP) is 7.34. The molecule has 0 saturated carbocycles. The molecule has 0 spiro atoms. The number of halogens is 2. The Morgan fingerprint density at radius 3 is 1.66 bits per heavy atom. The number of hydrogen-bond donors (Lipinski definition) is 1. The van der Waals surface area contributed by atoms with E-state index in [-0.39, 0.29) is 11.1 Å². The van der Waals surface area contributed by atoms with Gasteiger partial charge in [-0.25, -0.2) is 9.37 Å². The smallest absolute Gasteiger partial charge is 0.212 e. The van der Waals surface area contributed by atoms with E-state index in [0.717, 1.165) is 39.0 Å². The molecule has 0 radical (unpaired) electrons. The van der Waals surface area contributed by atoms with E-state index in [1.54, 1.807) is 18.3 Å². The zero-order chi connectivity index (χ0) is 30.5. The van der Waals surface area contributed by atoms with Gasteiger partial charge in [-0.05, 0) is 104 Å². The molecule has 0 fully saturated rings. The molecular formula is C36H16F2N6. The maximum atomic E-state index is 13.6. The molecule has 44 heavy (non-hydrogen) atoms. The Labute approximate surface area is 250 Å². The summed E-state index contributed by atoms with van der Waals surface area (Å²) in [6.45, 7) is 0. The molecular weight excluding hydrogens is 554 g/mol. The van der Waals surface area contributed by atoms with Gasteiger partial charge in [-0.3, -0.25) is 0 Å². The largest absolute Gasteiger partial charge is 0.358 e. The fourth-order valence-corrected chi connectivity index (χ4v) is 6.08. The molecule has 3 aromatic carbocycles. The van der Waals surface area contributed by atoms with Crippen molar-refractivity contribution in [1.29, 1.82) is 21.0 Å². The molecule has 7 rings (SSSR count). The van der Waals surface area contributed by atoms with Crippen LogP contribution in [-0.4, -0.2) is 11.3 Å². The summed E-state index contributed by atoms with van der Waals surface area (Å²) in [6, 6.07) is 26.1. The van der Waals surface area contributed by atoms with Gasteiger partial charge in [0, 0.05) is 29.1 Å². The molecule has 1 aromatic heterocycles. The number of hydrogen-bond acceptors (Lipinski definition) is 6. The third kappa shape index (κ3) is 3.92. The van der Waals surface area contributed by atoms with Crippen LogP contribution < -0.4 is 5.32 Å². The predicted molar refractivity (Wildman–Crippen MR) is 160 cm³/mol. The fraction of sp³-hybridized carbons (Fsp3) is 0.0278. The molecule has 0 bridgehead atoms. The minimum absolute atomic E-state index is 0.0555. The van der Waals surface area contributed by atoms with E-state index in [1.165, 1.54) is 18.3 Å². The van der Waals surface area contributed by atoms with Gasteiger partial charge in [0.2, 0.25) is 5.95 Å². The van der Waals surface area contributed by atoms with E-state index < -0.39 is 12.2 Å². The van der Waals surface area contributed by atoms with Crippen LogP contribution in [0.25, 0.3) is 50.1 Å². The maximum absolute atomic E-state index is 13.6. The highest BCUT2D eigenvalue weighted by molar-refractivity contribution is 6.11. The van der Waals surface area contributed by atoms with Gasteiger partial charge in [-0.2, -0.15) is 25.4 Å². The number of nitrogens with one attached hydrogen (secondary N) is 1. The van der Waals surface area contributed by atoms with Gasteiger partial charge in [0.15, 0.2) is 6.30 Å². The van der Waals surface area contributed by atoms with Crippen LogP contribution in [0, 0.1) is 51.3 Å². The number of alkyl halides is 1. The first-order chi connectivity index (χ1) is 21.4. The molecule has 1 aliphatic heterocycles. The standard InChI is InChI=1S/C36H16F2N6/c37-33-7-3-21(17-43-33)19-1-5-25-27-11-32-28(12-31(27)35(29(25)9-19)23(13-39)14-40)26-6-2-20(22-4-8-34(38)44-18-22)10-30(26)36(32)24(15-41)16-42/h1-12,17-18,33,43H. The van der Waals surface area contributed by atoms with E-state index in [1.807, 2.05) is 72.8 Å². The van der Waals surface area contributed by atoms with Crippen LogP contribution in [0.1, 0.15) is 27.8 Å². The molecule has 2 heterocycles. The Bertz CT molecular complexity index is 2230. The molecule has 1 unspecified atom stereocenters. The van der Waals surface area contributed by atoms with Crippen LogP contribution in [0.5, 0.6) is 0 Å². The van der Waals surface area contributed by atoms with Crippen molar-refractivity contribution in [3.05, 3.63) is 130 Å². The van der Waals surface area contributed by atoms with Gasteiger partial charge in [0.25, 0.3) is 0 Å². The molecule has 0 amide bonds. The molecule has 2 aliphatic carbocycles. The van der Waals surface area contributed by atoms with Crippen molar-refractivity contribution in [3.63, 3.8) is 0 Å². The van der Waals surface area contributed by atoms with E-state index >= 15 is 0 Å². The van der Waals surface area contributed by atoms with E-state index in [9.17, 15) is 29.8 Å². The Morgan fingerprint density at radius 1 is 0.636 bits per heavy atom. The monoisotopic (exact) mass is 570 g/mol. The summed E-state index contributed by atoms with van der Waals surface area (Å²) in [4.78, 5) is 3.75. The molecule has 3 aliphatic rings. The van der Waals surface area contributed by atoms with Crippen molar-refractivity contribution >= 4 is 16.7 Å². The first kappa shape index (κ1) is 26.3. The summed E-state index contributed by atoms with van der Waals surface area (Å²) >= 11 is 0. The number of nitrogens with zero attached hydrogens (tertiary/aromatic N) is 5. The van der Waals surface area contributed by atoms with Crippen LogP contribution in [0.3, 0.4) is 0 Å². The first-order valence-corrected chi connectivity index (χ1v) is 13.4. The van der Waals surface area contributed by atoms with Crippen molar-refractivity contribution in [1.82, 2.24) is 10.3 Å². The summed E-state index contributed by atoms with van der Waals surface area (Å²) in [5.41, 5.74) is 9.52. The molecule has 1 N–H and O–H groups in total. The zero-order valence-corrected chi connectivity index (χ0v) is 22.7. The average Bonchev–Trinajstić information content (AvgIpc) is 3.53. The lowest BCUT2D eigenvalue weighted by atomic mass is 9.93. The van der Waals surface area contributed by atoms with Crippen molar-refractivity contribution in [2.45, 2.75) is 6.30 Å². The molecule has 1 atom stereocenters. The summed E-state index contributed by atoms with van der Waals surface area (Å²) in [5, 5.41) is 42.5. The average molecular weight is 571 g/mol. The van der Waals surface area contributed by atoms with Crippen LogP contribution in [0.2, 0.25) is 0 Å². The first-order valence-electron chi connectivity index (χ1n) is 13.4. The molecule has 0 saturated heterocycles. The molecule has 4 aromatic rings. The Kier molecular flexibility index (Phi) is 6.00. The van der Waals surface area contributed by atoms with Crippen molar-refractivity contribution in [3.8, 4) is 57.7 Å². The number of pyridine rings is 1. The number of fused-ring (bicyclic) bond motifs is 6. The molecule has 6 nitrogen and oxygen atoms in total. The van der Waals surface area contributed by atoms with Crippen LogP contribution in [-0.2, 0) is 0 Å². The lowest BCUT2D eigenvalue weighted by Gasteiger charge is -2.13. The fourth-order valence-electron chi connectivity index (χ4n) is 6.08. The van der Waals surface area contributed by atoms with Gasteiger partial charge in [0.05, 0.1) is 0 Å². The second-order valence-corrected chi connectivity index (χ2v) is 10.3. The van der Waals surface area contributed by atoms with Gasteiger partial charge < -0.3 is 5.32 Å². The summed E-state index contributed by atoms with van der Waals surface area (Å²) in [5.74, 6) is -0.601. The normalized spacial score (nSPS) is 14.9. The third-order valence-electron chi connectivity index (χ3n) is 8.04. The number of aromatic nitrogens is 1. The third-order valence-corrected chi connectivity index (χ3v) is 8.04. The number of rotatable bonds is 2. The van der Waals surface area contributed by atoms with Crippen molar-refractivity contribution in [2.75, 3.05) is 0 Å². The maximum Gasteiger partial charge on any atom is 0.212 e. The second kappa shape index (κ2) is 10.0. The van der Waals surface area contributed by atoms with Crippen LogP contribution in [0.4, 0.5) is 8.78 Å². The SMILES string of the molecule is N#CC(C#N)=C1c2cc(C3=CNC(F)C=C3)ccc2-c2cc3c(cc21)-c1ccc(-c2ccc(F)nc2)cc1C3=C(C#N)C#N. The highest BCUT2D eigenvalue weighted by Crippen LogP contribution is 2.54.